The molecule has 8 nitrogen and oxygen atoms in total. The number of rotatable bonds is 4. The van der Waals surface area contributed by atoms with Gasteiger partial charge < -0.3 is 10.6 Å². The fraction of sp³-hybridized carbons (Fsp3) is 0.158. The standard InChI is InChI=1S/C19H12ClF3N4O4S/c20-10-5-2-1-4-9(10)8-27-13-12(15(29)25-17(27)31)18(16(30)24-13,19(21,22)23)26-14(28)11-6-3-7-32-11/h1-7H,8H2,(H,24,30)(H,26,28)(H,25,29,31)/t18-/m1/s1. The largest absolute Gasteiger partial charge is 0.425 e. The van der Waals surface area contributed by atoms with Gasteiger partial charge in [0.05, 0.1) is 11.4 Å². The number of benzene rings is 1. The Morgan fingerprint density at radius 1 is 1.16 bits per heavy atom. The van der Waals surface area contributed by atoms with Crippen LogP contribution in [-0.2, 0) is 16.9 Å². The maximum absolute atomic E-state index is 14.3. The SMILES string of the molecule is O=C(N[C@@]1(C(F)(F)F)C(=O)Nc2c1c(=O)[nH]c(=O)n2Cc1ccccc1Cl)c1cccs1. The zero-order chi connectivity index (χ0) is 23.3. The van der Waals surface area contributed by atoms with Crippen molar-refractivity contribution in [1.29, 1.82) is 0 Å². The number of amides is 2. The smallest absolute Gasteiger partial charge is 0.326 e. The van der Waals surface area contributed by atoms with Gasteiger partial charge in [0.2, 0.25) is 0 Å². The van der Waals surface area contributed by atoms with Crippen LogP contribution in [0.15, 0.2) is 51.4 Å². The van der Waals surface area contributed by atoms with Gasteiger partial charge in [0.1, 0.15) is 11.4 Å². The van der Waals surface area contributed by atoms with E-state index in [4.69, 9.17) is 11.6 Å². The third kappa shape index (κ3) is 3.31. The molecule has 0 fully saturated rings. The number of aromatic nitrogens is 2. The van der Waals surface area contributed by atoms with Gasteiger partial charge in [0.15, 0.2) is 0 Å². The molecular weight excluding hydrogens is 473 g/mol. The molecule has 3 heterocycles. The molecule has 2 amide bonds. The molecule has 1 aliphatic heterocycles. The summed E-state index contributed by atoms with van der Waals surface area (Å²) in [7, 11) is 0. The van der Waals surface area contributed by atoms with E-state index in [-0.39, 0.29) is 16.4 Å². The molecule has 0 bridgehead atoms. The summed E-state index contributed by atoms with van der Waals surface area (Å²) in [6.45, 7) is -0.343. The van der Waals surface area contributed by atoms with Crippen molar-refractivity contribution in [2.24, 2.45) is 0 Å². The van der Waals surface area contributed by atoms with Gasteiger partial charge in [-0.1, -0.05) is 35.9 Å². The molecule has 1 atom stereocenters. The van der Waals surface area contributed by atoms with Gasteiger partial charge in [-0.15, -0.1) is 11.3 Å². The number of fused-ring (bicyclic) bond motifs is 1. The fourth-order valence-corrected chi connectivity index (χ4v) is 4.23. The third-order valence-corrected chi connectivity index (χ3v) is 6.14. The second kappa shape index (κ2) is 7.64. The summed E-state index contributed by atoms with van der Waals surface area (Å²) >= 11 is 6.93. The predicted octanol–water partition coefficient (Wildman–Crippen LogP) is 2.44. The second-order valence-corrected chi connectivity index (χ2v) is 8.15. The Kier molecular flexibility index (Phi) is 5.21. The molecule has 0 saturated carbocycles. The van der Waals surface area contributed by atoms with Crippen LogP contribution < -0.4 is 21.9 Å². The molecule has 4 rings (SSSR count). The number of hydrogen-bond donors (Lipinski definition) is 3. The molecule has 3 aromatic rings. The topological polar surface area (TPSA) is 113 Å². The van der Waals surface area contributed by atoms with E-state index in [1.165, 1.54) is 29.6 Å². The molecule has 0 unspecified atom stereocenters. The number of carbonyl (C=O) groups excluding carboxylic acids is 2. The van der Waals surface area contributed by atoms with Crippen molar-refractivity contribution < 1.29 is 22.8 Å². The highest BCUT2D eigenvalue weighted by Gasteiger charge is 2.68. The van der Waals surface area contributed by atoms with E-state index in [0.29, 0.717) is 5.56 Å². The summed E-state index contributed by atoms with van der Waals surface area (Å²) in [4.78, 5) is 51.9. The maximum Gasteiger partial charge on any atom is 0.425 e. The number of hydrogen-bond acceptors (Lipinski definition) is 5. The quantitative estimate of drug-likeness (QED) is 0.528. The lowest BCUT2D eigenvalue weighted by Crippen LogP contribution is -2.62. The van der Waals surface area contributed by atoms with Crippen molar-refractivity contribution in [2.75, 3.05) is 5.32 Å². The molecule has 0 spiro atoms. The molecule has 3 N–H and O–H groups in total. The molecule has 166 valence electrons. The minimum Gasteiger partial charge on any atom is -0.326 e. The van der Waals surface area contributed by atoms with Crippen molar-refractivity contribution in [3.05, 3.63) is 83.6 Å². The number of carbonyl (C=O) groups is 2. The van der Waals surface area contributed by atoms with Gasteiger partial charge in [-0.2, -0.15) is 13.2 Å². The lowest BCUT2D eigenvalue weighted by atomic mass is 9.92. The minimum atomic E-state index is -5.41. The highest BCUT2D eigenvalue weighted by molar-refractivity contribution is 7.12. The summed E-state index contributed by atoms with van der Waals surface area (Å²) < 4.78 is 43.7. The molecule has 0 aliphatic carbocycles. The summed E-state index contributed by atoms with van der Waals surface area (Å²) in [5.74, 6) is -3.59. The van der Waals surface area contributed by atoms with E-state index in [1.807, 2.05) is 5.32 Å². The van der Waals surface area contributed by atoms with Crippen molar-refractivity contribution >= 4 is 40.6 Å². The van der Waals surface area contributed by atoms with Crippen molar-refractivity contribution in [2.45, 2.75) is 18.3 Å². The zero-order valence-electron chi connectivity index (χ0n) is 15.7. The number of nitrogens with one attached hydrogen (secondary N) is 3. The van der Waals surface area contributed by atoms with E-state index in [2.05, 4.69) is 0 Å². The molecule has 32 heavy (non-hydrogen) atoms. The number of aromatic amines is 1. The van der Waals surface area contributed by atoms with Crippen molar-refractivity contribution in [3.63, 3.8) is 0 Å². The van der Waals surface area contributed by atoms with Crippen LogP contribution in [0.25, 0.3) is 0 Å². The molecule has 13 heteroatoms. The van der Waals surface area contributed by atoms with E-state index >= 15 is 0 Å². The van der Waals surface area contributed by atoms with Crippen molar-refractivity contribution in [1.82, 2.24) is 14.9 Å². The zero-order valence-corrected chi connectivity index (χ0v) is 17.3. The number of nitrogens with zero attached hydrogens (tertiary/aromatic N) is 1. The van der Waals surface area contributed by atoms with Gasteiger partial charge in [0.25, 0.3) is 22.9 Å². The van der Waals surface area contributed by atoms with E-state index in [1.54, 1.807) is 22.4 Å². The molecule has 1 aliphatic rings. The van der Waals surface area contributed by atoms with Crippen LogP contribution in [-0.4, -0.2) is 27.5 Å². The highest BCUT2D eigenvalue weighted by atomic mass is 35.5. The van der Waals surface area contributed by atoms with Crippen LogP contribution in [0.2, 0.25) is 5.02 Å². The van der Waals surface area contributed by atoms with Crippen LogP contribution in [0.3, 0.4) is 0 Å². The highest BCUT2D eigenvalue weighted by Crippen LogP contribution is 2.45. The average Bonchev–Trinajstić information content (AvgIpc) is 3.34. The van der Waals surface area contributed by atoms with Gasteiger partial charge in [0, 0.05) is 5.02 Å². The third-order valence-electron chi connectivity index (χ3n) is 4.90. The summed E-state index contributed by atoms with van der Waals surface area (Å²) in [5.41, 5.74) is -7.00. The second-order valence-electron chi connectivity index (χ2n) is 6.79. The Morgan fingerprint density at radius 2 is 1.88 bits per heavy atom. The molecule has 2 aromatic heterocycles. The lowest BCUT2D eigenvalue weighted by Gasteiger charge is -2.29. The Labute approximate surface area is 185 Å². The molecule has 0 radical (unpaired) electrons. The lowest BCUT2D eigenvalue weighted by molar-refractivity contribution is -0.196. The number of anilines is 1. The molecule has 0 saturated heterocycles. The van der Waals surface area contributed by atoms with Crippen LogP contribution in [0, 0.1) is 0 Å². The van der Waals surface area contributed by atoms with Gasteiger partial charge >= 0.3 is 11.9 Å². The van der Waals surface area contributed by atoms with Crippen LogP contribution >= 0.6 is 22.9 Å². The van der Waals surface area contributed by atoms with Gasteiger partial charge in [-0.25, -0.2) is 4.79 Å². The first-order chi connectivity index (χ1) is 15.1. The monoisotopic (exact) mass is 484 g/mol. The minimum absolute atomic E-state index is 0.101. The first kappa shape index (κ1) is 21.8. The summed E-state index contributed by atoms with van der Waals surface area (Å²) in [6, 6.07) is 8.95. The Hall–Kier alpha value is -3.38. The number of thiophene rings is 1. The fourth-order valence-electron chi connectivity index (χ4n) is 3.41. The summed E-state index contributed by atoms with van der Waals surface area (Å²) in [6.07, 6.45) is -5.41. The molecular formula is C19H12ClF3N4O4S. The van der Waals surface area contributed by atoms with Crippen LogP contribution in [0.1, 0.15) is 20.8 Å². The maximum atomic E-state index is 14.3. The first-order valence-corrected chi connectivity index (χ1v) is 10.2. The van der Waals surface area contributed by atoms with E-state index in [0.717, 1.165) is 15.9 Å². The predicted molar refractivity (Wildman–Crippen MR) is 110 cm³/mol. The Morgan fingerprint density at radius 3 is 2.50 bits per heavy atom. The first-order valence-electron chi connectivity index (χ1n) is 8.91. The van der Waals surface area contributed by atoms with Crippen LogP contribution in [0.4, 0.5) is 19.0 Å². The Balaban J connectivity index is 1.93. The Bertz CT molecular complexity index is 1350. The van der Waals surface area contributed by atoms with Crippen molar-refractivity contribution in [3.8, 4) is 0 Å². The number of alkyl halides is 3. The number of halogens is 4. The normalized spacial score (nSPS) is 17.7. The van der Waals surface area contributed by atoms with Crippen LogP contribution in [0.5, 0.6) is 0 Å². The average molecular weight is 485 g/mol. The van der Waals surface area contributed by atoms with Gasteiger partial charge in [-0.3, -0.25) is 23.9 Å². The van der Waals surface area contributed by atoms with Gasteiger partial charge in [-0.05, 0) is 23.1 Å². The number of H-pyrrole nitrogens is 1. The van der Waals surface area contributed by atoms with E-state index in [9.17, 15) is 32.3 Å². The molecule has 1 aromatic carbocycles. The van der Waals surface area contributed by atoms with E-state index < -0.39 is 46.2 Å². The summed E-state index contributed by atoms with van der Waals surface area (Å²) in [5, 5.41) is 5.33.